The minimum atomic E-state index is -0.569. The minimum absolute atomic E-state index is 0.0346. The van der Waals surface area contributed by atoms with Crippen molar-refractivity contribution in [1.82, 2.24) is 15.1 Å². The van der Waals surface area contributed by atoms with Crippen LogP contribution in [0.4, 0.5) is 4.79 Å². The lowest BCUT2D eigenvalue weighted by Crippen LogP contribution is -2.53. The van der Waals surface area contributed by atoms with Gasteiger partial charge in [-0.2, -0.15) is 0 Å². The normalized spacial score (nSPS) is 16.0. The summed E-state index contributed by atoms with van der Waals surface area (Å²) >= 11 is 1.19. The van der Waals surface area contributed by atoms with Crippen molar-refractivity contribution in [2.45, 2.75) is 26.8 Å². The van der Waals surface area contributed by atoms with Gasteiger partial charge in [-0.3, -0.25) is 9.59 Å². The molecule has 0 aromatic rings. The average molecular weight is 331 g/mol. The zero-order valence-electron chi connectivity index (χ0n) is 13.5. The molecule has 1 aliphatic heterocycles. The summed E-state index contributed by atoms with van der Waals surface area (Å²) in [5.41, 5.74) is 0. The molecule has 0 spiro atoms. The molecule has 0 bridgehead atoms. The fourth-order valence-corrected chi connectivity index (χ4v) is 2.70. The number of carbonyl (C=O) groups excluding carboxylic acids is 3. The summed E-state index contributed by atoms with van der Waals surface area (Å²) in [7, 11) is 0. The van der Waals surface area contributed by atoms with Crippen molar-refractivity contribution in [3.05, 3.63) is 0 Å². The summed E-state index contributed by atoms with van der Waals surface area (Å²) in [5, 5.41) is 2.76. The topological polar surface area (TPSA) is 79.0 Å². The van der Waals surface area contributed by atoms with Gasteiger partial charge < -0.3 is 19.9 Å². The van der Waals surface area contributed by atoms with Crippen molar-refractivity contribution in [2.75, 3.05) is 45.1 Å². The Balaban J connectivity index is 2.42. The van der Waals surface area contributed by atoms with E-state index >= 15 is 0 Å². The van der Waals surface area contributed by atoms with Gasteiger partial charge >= 0.3 is 6.03 Å². The molecular weight excluding hydrogens is 306 g/mol. The number of urea groups is 1. The van der Waals surface area contributed by atoms with E-state index in [0.717, 1.165) is 0 Å². The molecule has 1 N–H and O–H groups in total. The monoisotopic (exact) mass is 331 g/mol. The first-order chi connectivity index (χ1) is 10.5. The molecule has 8 heteroatoms. The molecule has 0 aromatic carbocycles. The van der Waals surface area contributed by atoms with Crippen molar-refractivity contribution in [3.63, 3.8) is 0 Å². The van der Waals surface area contributed by atoms with Crippen molar-refractivity contribution < 1.29 is 19.1 Å². The smallest absolute Gasteiger partial charge is 0.318 e. The lowest BCUT2D eigenvalue weighted by Gasteiger charge is -2.30. The van der Waals surface area contributed by atoms with Crippen LogP contribution in [0.3, 0.4) is 0 Å². The Morgan fingerprint density at radius 1 is 1.32 bits per heavy atom. The van der Waals surface area contributed by atoms with Crippen LogP contribution in [0.2, 0.25) is 0 Å². The second-order valence-electron chi connectivity index (χ2n) is 5.03. The SMILES string of the molecule is CCN(CCSC(C)=O)C(=O)N[C@@H](C)C(=O)N1CCOCC1. The summed E-state index contributed by atoms with van der Waals surface area (Å²) in [6.45, 7) is 8.27. The molecule has 22 heavy (non-hydrogen) atoms. The van der Waals surface area contributed by atoms with Gasteiger partial charge in [0.05, 0.1) is 13.2 Å². The van der Waals surface area contributed by atoms with Crippen LogP contribution in [0.25, 0.3) is 0 Å². The van der Waals surface area contributed by atoms with Crippen molar-refractivity contribution in [2.24, 2.45) is 0 Å². The summed E-state index contributed by atoms with van der Waals surface area (Å²) in [4.78, 5) is 38.6. The molecule has 0 saturated carbocycles. The summed E-state index contributed by atoms with van der Waals surface area (Å²) in [6.07, 6.45) is 0. The van der Waals surface area contributed by atoms with Gasteiger partial charge in [0.1, 0.15) is 6.04 Å². The maximum absolute atomic E-state index is 12.2. The second kappa shape index (κ2) is 9.68. The Bertz CT molecular complexity index is 400. The number of hydrogen-bond donors (Lipinski definition) is 1. The number of morpholine rings is 1. The second-order valence-corrected chi connectivity index (χ2v) is 6.30. The fraction of sp³-hybridized carbons (Fsp3) is 0.786. The van der Waals surface area contributed by atoms with Gasteiger partial charge in [-0.25, -0.2) is 4.79 Å². The first-order valence-corrected chi connectivity index (χ1v) is 8.49. The van der Waals surface area contributed by atoms with E-state index in [4.69, 9.17) is 4.74 Å². The number of carbonyl (C=O) groups is 3. The fourth-order valence-electron chi connectivity index (χ4n) is 2.10. The van der Waals surface area contributed by atoms with Gasteiger partial charge in [-0.15, -0.1) is 0 Å². The van der Waals surface area contributed by atoms with E-state index in [0.29, 0.717) is 45.1 Å². The Morgan fingerprint density at radius 2 is 1.95 bits per heavy atom. The molecule has 1 fully saturated rings. The van der Waals surface area contributed by atoms with E-state index in [1.54, 1.807) is 16.7 Å². The van der Waals surface area contributed by atoms with Crippen LogP contribution in [0.1, 0.15) is 20.8 Å². The molecule has 3 amide bonds. The maximum Gasteiger partial charge on any atom is 0.318 e. The molecular formula is C14H25N3O4S. The number of hydrogen-bond acceptors (Lipinski definition) is 5. The van der Waals surface area contributed by atoms with Crippen LogP contribution in [-0.2, 0) is 14.3 Å². The average Bonchev–Trinajstić information content (AvgIpc) is 2.51. The number of nitrogens with zero attached hydrogens (tertiary/aromatic N) is 2. The number of amides is 3. The Labute approximate surface area is 135 Å². The summed E-state index contributed by atoms with van der Waals surface area (Å²) in [6, 6.07) is -0.846. The molecule has 1 atom stereocenters. The highest BCUT2D eigenvalue weighted by atomic mass is 32.2. The summed E-state index contributed by atoms with van der Waals surface area (Å²) in [5.74, 6) is 0.466. The van der Waals surface area contributed by atoms with E-state index in [9.17, 15) is 14.4 Å². The quantitative estimate of drug-likeness (QED) is 0.769. The van der Waals surface area contributed by atoms with E-state index in [-0.39, 0.29) is 17.1 Å². The van der Waals surface area contributed by atoms with Crippen LogP contribution >= 0.6 is 11.8 Å². The number of nitrogens with one attached hydrogen (secondary N) is 1. The zero-order valence-corrected chi connectivity index (χ0v) is 14.3. The third-order valence-electron chi connectivity index (χ3n) is 3.37. The lowest BCUT2D eigenvalue weighted by molar-refractivity contribution is -0.136. The van der Waals surface area contributed by atoms with E-state index < -0.39 is 6.04 Å². The van der Waals surface area contributed by atoms with Crippen LogP contribution in [-0.4, -0.2) is 78.0 Å². The van der Waals surface area contributed by atoms with Crippen LogP contribution in [0.15, 0.2) is 0 Å². The third kappa shape index (κ3) is 6.23. The number of thioether (sulfide) groups is 1. The largest absolute Gasteiger partial charge is 0.378 e. The van der Waals surface area contributed by atoms with Crippen molar-refractivity contribution >= 4 is 28.8 Å². The lowest BCUT2D eigenvalue weighted by atomic mass is 10.2. The predicted molar refractivity (Wildman–Crippen MR) is 85.8 cm³/mol. The van der Waals surface area contributed by atoms with Gasteiger partial charge in [0.15, 0.2) is 5.12 Å². The van der Waals surface area contributed by atoms with Crippen molar-refractivity contribution in [1.29, 1.82) is 0 Å². The predicted octanol–water partition coefficient (Wildman–Crippen LogP) is 0.545. The highest BCUT2D eigenvalue weighted by molar-refractivity contribution is 8.13. The molecule has 1 aliphatic rings. The number of ether oxygens (including phenoxy) is 1. The molecule has 7 nitrogen and oxygen atoms in total. The van der Waals surface area contributed by atoms with E-state index in [2.05, 4.69) is 5.32 Å². The minimum Gasteiger partial charge on any atom is -0.378 e. The molecule has 0 radical (unpaired) electrons. The van der Waals surface area contributed by atoms with E-state index in [1.165, 1.54) is 18.7 Å². The highest BCUT2D eigenvalue weighted by Gasteiger charge is 2.25. The maximum atomic E-state index is 12.2. The zero-order chi connectivity index (χ0) is 16.5. The van der Waals surface area contributed by atoms with Gasteiger partial charge in [0.2, 0.25) is 5.91 Å². The van der Waals surface area contributed by atoms with Crippen LogP contribution in [0.5, 0.6) is 0 Å². The van der Waals surface area contributed by atoms with Crippen LogP contribution in [0, 0.1) is 0 Å². The van der Waals surface area contributed by atoms with Gasteiger partial charge in [0.25, 0.3) is 0 Å². The Hall–Kier alpha value is -1.28. The van der Waals surface area contributed by atoms with Crippen molar-refractivity contribution in [3.8, 4) is 0 Å². The molecule has 1 rings (SSSR count). The molecule has 0 aromatic heterocycles. The third-order valence-corrected chi connectivity index (χ3v) is 4.16. The molecule has 1 heterocycles. The summed E-state index contributed by atoms with van der Waals surface area (Å²) < 4.78 is 5.21. The standard InChI is InChI=1S/C14H25N3O4S/c1-4-16(7-10-22-12(3)18)14(20)15-11(2)13(19)17-5-8-21-9-6-17/h11H,4-10H2,1-3H3,(H,15,20)/t11-/m0/s1. The van der Waals surface area contributed by atoms with Gasteiger partial charge in [0, 0.05) is 38.9 Å². The molecule has 0 unspecified atom stereocenters. The van der Waals surface area contributed by atoms with Gasteiger partial charge in [-0.1, -0.05) is 11.8 Å². The first-order valence-electron chi connectivity index (χ1n) is 7.51. The Kier molecular flexibility index (Phi) is 8.26. The molecule has 1 saturated heterocycles. The van der Waals surface area contributed by atoms with E-state index in [1.807, 2.05) is 6.92 Å². The van der Waals surface area contributed by atoms with Crippen LogP contribution < -0.4 is 5.32 Å². The number of rotatable bonds is 6. The highest BCUT2D eigenvalue weighted by Crippen LogP contribution is 2.04. The van der Waals surface area contributed by atoms with Gasteiger partial charge in [-0.05, 0) is 13.8 Å². The first kappa shape index (κ1) is 18.8. The molecule has 0 aliphatic carbocycles. The molecule has 126 valence electrons. The Morgan fingerprint density at radius 3 is 2.50 bits per heavy atom.